The molecule has 0 spiro atoms. The van der Waals surface area contributed by atoms with Gasteiger partial charge in [0.1, 0.15) is 4.92 Å². The molecule has 2 aromatic heterocycles. The summed E-state index contributed by atoms with van der Waals surface area (Å²) < 4.78 is 4.98. The van der Waals surface area contributed by atoms with Gasteiger partial charge in [-0.1, -0.05) is 0 Å². The van der Waals surface area contributed by atoms with E-state index in [4.69, 9.17) is 4.42 Å². The Kier molecular flexibility index (Phi) is 4.73. The summed E-state index contributed by atoms with van der Waals surface area (Å²) >= 11 is 0. The maximum absolute atomic E-state index is 10.6. The Balaban J connectivity index is 1.70. The lowest BCUT2D eigenvalue weighted by atomic mass is 10.4. The van der Waals surface area contributed by atoms with Crippen LogP contribution in [0.3, 0.4) is 0 Å². The minimum Gasteiger partial charge on any atom is -0.400 e. The predicted octanol–water partition coefficient (Wildman–Crippen LogP) is 2.21. The molecule has 1 aliphatic carbocycles. The van der Waals surface area contributed by atoms with E-state index < -0.39 is 4.92 Å². The van der Waals surface area contributed by atoms with Gasteiger partial charge in [-0.05, 0) is 32.8 Å². The van der Waals surface area contributed by atoms with Crippen LogP contribution in [-0.2, 0) is 0 Å². The van der Waals surface area contributed by atoms with E-state index in [0.29, 0.717) is 17.9 Å². The van der Waals surface area contributed by atoms with E-state index in [1.807, 2.05) is 13.8 Å². The average molecular weight is 346 g/mol. The van der Waals surface area contributed by atoms with Crippen LogP contribution in [-0.4, -0.2) is 38.2 Å². The predicted molar refractivity (Wildman–Crippen MR) is 91.8 cm³/mol. The van der Waals surface area contributed by atoms with Gasteiger partial charge in [-0.25, -0.2) is 5.43 Å². The maximum atomic E-state index is 10.6. The van der Waals surface area contributed by atoms with Gasteiger partial charge >= 0.3 is 5.88 Å². The van der Waals surface area contributed by atoms with Gasteiger partial charge in [-0.15, -0.1) is 0 Å². The summed E-state index contributed by atoms with van der Waals surface area (Å²) in [5.41, 5.74) is 2.68. The first kappa shape index (κ1) is 16.6. The Morgan fingerprint density at radius 1 is 1.28 bits per heavy atom. The van der Waals surface area contributed by atoms with Crippen LogP contribution < -0.4 is 16.1 Å². The van der Waals surface area contributed by atoms with Crippen molar-refractivity contribution in [2.24, 2.45) is 5.10 Å². The fraction of sp³-hybridized carbons (Fsp3) is 0.429. The van der Waals surface area contributed by atoms with E-state index in [-0.39, 0.29) is 23.6 Å². The number of hydrogen-bond acceptors (Lipinski definition) is 10. The molecule has 2 aromatic rings. The van der Waals surface area contributed by atoms with Gasteiger partial charge < -0.3 is 15.1 Å². The van der Waals surface area contributed by atoms with E-state index >= 15 is 0 Å². The van der Waals surface area contributed by atoms with Crippen molar-refractivity contribution in [2.45, 2.75) is 38.8 Å². The van der Waals surface area contributed by atoms with Gasteiger partial charge in [0.15, 0.2) is 5.76 Å². The number of aromatic nitrogens is 3. The molecule has 11 nitrogen and oxygen atoms in total. The SMILES string of the molecule is CC(C)Nc1nc(N/N=C/c2ccc([N+](=O)[O-])o2)nc(NC2CC2)n1. The molecule has 2 heterocycles. The van der Waals surface area contributed by atoms with Crippen molar-refractivity contribution in [3.63, 3.8) is 0 Å². The van der Waals surface area contributed by atoms with Crippen LogP contribution in [0.15, 0.2) is 21.7 Å². The summed E-state index contributed by atoms with van der Waals surface area (Å²) in [5, 5.41) is 20.8. The summed E-state index contributed by atoms with van der Waals surface area (Å²) in [4.78, 5) is 22.8. The van der Waals surface area contributed by atoms with E-state index in [0.717, 1.165) is 12.8 Å². The maximum Gasteiger partial charge on any atom is 0.433 e. The third kappa shape index (κ3) is 4.86. The zero-order valence-corrected chi connectivity index (χ0v) is 13.8. The number of nitrogens with zero attached hydrogens (tertiary/aromatic N) is 5. The van der Waals surface area contributed by atoms with E-state index in [2.05, 4.69) is 36.1 Å². The Morgan fingerprint density at radius 2 is 2.00 bits per heavy atom. The fourth-order valence-corrected chi connectivity index (χ4v) is 1.89. The molecule has 11 heteroatoms. The van der Waals surface area contributed by atoms with Gasteiger partial charge in [0.2, 0.25) is 17.8 Å². The standard InChI is InChI=1S/C14H18N8O3/c1-8(2)16-12-18-13(17-9-3-4-9)20-14(19-12)21-15-7-10-5-6-11(25-10)22(23)24/h5-9H,3-4H2,1-2H3,(H3,16,17,18,19,20,21)/b15-7+. The number of furan rings is 1. The van der Waals surface area contributed by atoms with Crippen LogP contribution in [0.1, 0.15) is 32.4 Å². The van der Waals surface area contributed by atoms with Crippen LogP contribution in [0, 0.1) is 10.1 Å². The van der Waals surface area contributed by atoms with E-state index in [9.17, 15) is 10.1 Å². The lowest BCUT2D eigenvalue weighted by Gasteiger charge is -2.11. The monoisotopic (exact) mass is 346 g/mol. The van der Waals surface area contributed by atoms with Gasteiger partial charge in [0.05, 0.1) is 12.3 Å². The first-order valence-electron chi connectivity index (χ1n) is 7.82. The van der Waals surface area contributed by atoms with Crippen LogP contribution in [0.2, 0.25) is 0 Å². The van der Waals surface area contributed by atoms with Gasteiger partial charge in [-0.3, -0.25) is 10.1 Å². The molecule has 3 N–H and O–H groups in total. The van der Waals surface area contributed by atoms with Crippen LogP contribution in [0.4, 0.5) is 23.7 Å². The Morgan fingerprint density at radius 3 is 2.64 bits per heavy atom. The number of nitrogens with one attached hydrogen (secondary N) is 3. The molecule has 132 valence electrons. The molecule has 0 aliphatic heterocycles. The lowest BCUT2D eigenvalue weighted by Crippen LogP contribution is -2.16. The van der Waals surface area contributed by atoms with Crippen molar-refractivity contribution in [3.8, 4) is 0 Å². The number of anilines is 3. The zero-order valence-electron chi connectivity index (χ0n) is 13.8. The average Bonchev–Trinajstić information content (AvgIpc) is 3.21. The van der Waals surface area contributed by atoms with Crippen molar-refractivity contribution in [2.75, 3.05) is 16.1 Å². The number of rotatable bonds is 8. The second-order valence-corrected chi connectivity index (χ2v) is 5.83. The number of hydrogen-bond donors (Lipinski definition) is 3. The highest BCUT2D eigenvalue weighted by Crippen LogP contribution is 2.23. The quantitative estimate of drug-likeness (QED) is 0.372. The first-order valence-corrected chi connectivity index (χ1v) is 7.82. The van der Waals surface area contributed by atoms with Crippen molar-refractivity contribution in [1.29, 1.82) is 0 Å². The minimum absolute atomic E-state index is 0.163. The first-order chi connectivity index (χ1) is 12.0. The van der Waals surface area contributed by atoms with E-state index in [1.54, 1.807) is 0 Å². The van der Waals surface area contributed by atoms with Crippen LogP contribution in [0.25, 0.3) is 0 Å². The molecule has 0 atom stereocenters. The highest BCUT2D eigenvalue weighted by molar-refractivity contribution is 5.76. The molecule has 0 bridgehead atoms. The van der Waals surface area contributed by atoms with Gasteiger partial charge in [0, 0.05) is 12.1 Å². The highest BCUT2D eigenvalue weighted by Gasteiger charge is 2.22. The second kappa shape index (κ2) is 7.11. The summed E-state index contributed by atoms with van der Waals surface area (Å²) in [6.45, 7) is 3.96. The fourth-order valence-electron chi connectivity index (χ4n) is 1.89. The summed E-state index contributed by atoms with van der Waals surface area (Å²) in [5.74, 6) is 1.04. The molecule has 0 radical (unpaired) electrons. The molecule has 3 rings (SSSR count). The van der Waals surface area contributed by atoms with Gasteiger partial charge in [0.25, 0.3) is 0 Å². The molecular formula is C14H18N8O3. The van der Waals surface area contributed by atoms with Crippen LogP contribution >= 0.6 is 0 Å². The second-order valence-electron chi connectivity index (χ2n) is 5.83. The number of nitro groups is 1. The largest absolute Gasteiger partial charge is 0.433 e. The minimum atomic E-state index is -0.615. The summed E-state index contributed by atoms with van der Waals surface area (Å²) in [7, 11) is 0. The third-order valence-corrected chi connectivity index (χ3v) is 3.11. The van der Waals surface area contributed by atoms with Gasteiger partial charge in [-0.2, -0.15) is 20.1 Å². The molecule has 25 heavy (non-hydrogen) atoms. The van der Waals surface area contributed by atoms with Crippen molar-refractivity contribution < 1.29 is 9.34 Å². The molecule has 0 unspecified atom stereocenters. The zero-order chi connectivity index (χ0) is 17.8. The Labute approximate surface area is 143 Å². The molecule has 0 saturated heterocycles. The third-order valence-electron chi connectivity index (χ3n) is 3.11. The molecule has 1 saturated carbocycles. The molecule has 1 aliphatic rings. The highest BCUT2D eigenvalue weighted by atomic mass is 16.6. The Hall–Kier alpha value is -3.24. The topological polar surface area (TPSA) is 143 Å². The smallest absolute Gasteiger partial charge is 0.400 e. The number of hydrazone groups is 1. The van der Waals surface area contributed by atoms with Crippen molar-refractivity contribution in [3.05, 3.63) is 28.0 Å². The summed E-state index contributed by atoms with van der Waals surface area (Å²) in [6.07, 6.45) is 3.49. The Bertz CT molecular complexity index is 762. The molecule has 0 amide bonds. The summed E-state index contributed by atoms with van der Waals surface area (Å²) in [6, 6.07) is 3.26. The van der Waals surface area contributed by atoms with E-state index in [1.165, 1.54) is 18.3 Å². The lowest BCUT2D eigenvalue weighted by molar-refractivity contribution is -0.402. The van der Waals surface area contributed by atoms with Crippen molar-refractivity contribution >= 4 is 29.9 Å². The molecule has 1 fully saturated rings. The normalized spacial score (nSPS) is 14.0. The molecular weight excluding hydrogens is 328 g/mol. The molecule has 0 aromatic carbocycles. The van der Waals surface area contributed by atoms with Crippen LogP contribution in [0.5, 0.6) is 0 Å². The van der Waals surface area contributed by atoms with Crippen molar-refractivity contribution in [1.82, 2.24) is 15.0 Å².